The third-order valence-electron chi connectivity index (χ3n) is 10.2. The molecule has 0 heterocycles. The van der Waals surface area contributed by atoms with Crippen LogP contribution in [-0.4, -0.2) is 37.2 Å². The van der Waals surface area contributed by atoms with Crippen LogP contribution in [-0.2, 0) is 28.6 Å². The van der Waals surface area contributed by atoms with Gasteiger partial charge in [0.15, 0.2) is 6.10 Å². The fraction of sp³-hybridized carbons (Fsp3) is 0.717. The number of hydrogen-bond acceptors (Lipinski definition) is 6. The molecule has 0 aliphatic heterocycles. The molecule has 0 saturated heterocycles. The molecule has 0 aromatic carbocycles. The third-order valence-corrected chi connectivity index (χ3v) is 10.2. The maximum atomic E-state index is 12.7. The van der Waals surface area contributed by atoms with Gasteiger partial charge in [-0.1, -0.05) is 177 Å². The molecule has 6 heteroatoms. The summed E-state index contributed by atoms with van der Waals surface area (Å²) in [4.78, 5) is 37.8. The Morgan fingerprint density at radius 2 is 0.627 bits per heavy atom. The van der Waals surface area contributed by atoms with E-state index in [0.29, 0.717) is 19.3 Å². The monoisotopic (exact) mass is 823 g/mol. The van der Waals surface area contributed by atoms with E-state index in [2.05, 4.69) is 93.7 Å². The first-order valence-corrected chi connectivity index (χ1v) is 24.4. The minimum absolute atomic E-state index is 0.0942. The lowest BCUT2D eigenvalue weighted by Gasteiger charge is -2.18. The maximum Gasteiger partial charge on any atom is 0.306 e. The molecule has 1 atom stereocenters. The van der Waals surface area contributed by atoms with Gasteiger partial charge < -0.3 is 14.2 Å². The van der Waals surface area contributed by atoms with Gasteiger partial charge in [0.25, 0.3) is 0 Å². The zero-order valence-electron chi connectivity index (χ0n) is 38.5. The summed E-state index contributed by atoms with van der Waals surface area (Å²) in [5, 5.41) is 0. The highest BCUT2D eigenvalue weighted by Gasteiger charge is 2.19. The molecule has 0 aliphatic carbocycles. The largest absolute Gasteiger partial charge is 0.462 e. The van der Waals surface area contributed by atoms with Crippen molar-refractivity contribution in [3.05, 3.63) is 72.9 Å². The van der Waals surface area contributed by atoms with Crippen LogP contribution in [0.2, 0.25) is 0 Å². The number of unbranched alkanes of at least 4 members (excludes halogenated alkanes) is 20. The Morgan fingerprint density at radius 1 is 0.339 bits per heavy atom. The molecule has 0 aromatic heterocycles. The standard InChI is InChI=1S/C53H90O6/c1-4-7-10-13-16-19-22-23-24-25-26-27-28-29-32-34-37-40-43-46-52(55)58-49-50(59-53(56)47-44-41-38-35-31-21-18-15-12-9-6-3)48-57-51(54)45-42-39-36-33-30-20-17-14-11-8-5-2/h14-19,23-24,26-27,29,32,50H,4-13,20-22,25,28,30-31,33-49H2,1-3H3/b17-14-,18-15-,19-16-,24-23-,27-26-,32-29-/t50-/m1/s1. The Labute approximate surface area is 363 Å². The second kappa shape index (κ2) is 47.5. The molecule has 0 rings (SSSR count). The minimum Gasteiger partial charge on any atom is -0.462 e. The molecule has 0 saturated carbocycles. The van der Waals surface area contributed by atoms with Crippen LogP contribution in [0, 0.1) is 0 Å². The smallest absolute Gasteiger partial charge is 0.306 e. The number of hydrogen-bond donors (Lipinski definition) is 0. The predicted octanol–water partition coefficient (Wildman–Crippen LogP) is 15.9. The highest BCUT2D eigenvalue weighted by atomic mass is 16.6. The van der Waals surface area contributed by atoms with E-state index >= 15 is 0 Å². The molecular formula is C53H90O6. The maximum absolute atomic E-state index is 12.7. The lowest BCUT2D eigenvalue weighted by molar-refractivity contribution is -0.167. The lowest BCUT2D eigenvalue weighted by Crippen LogP contribution is -2.30. The summed E-state index contributed by atoms with van der Waals surface area (Å²) in [5.41, 5.74) is 0. The number of carbonyl (C=O) groups is 3. The minimum atomic E-state index is -0.794. The summed E-state index contributed by atoms with van der Waals surface area (Å²) in [6.45, 7) is 6.48. The van der Waals surface area contributed by atoms with Gasteiger partial charge in [0.1, 0.15) is 13.2 Å². The molecule has 0 unspecified atom stereocenters. The van der Waals surface area contributed by atoms with Gasteiger partial charge in [-0.2, -0.15) is 0 Å². The second-order valence-corrected chi connectivity index (χ2v) is 16.0. The van der Waals surface area contributed by atoms with Gasteiger partial charge in [-0.25, -0.2) is 0 Å². The molecular weight excluding hydrogens is 733 g/mol. The Morgan fingerprint density at radius 3 is 1.03 bits per heavy atom. The van der Waals surface area contributed by atoms with Crippen molar-refractivity contribution in [1.82, 2.24) is 0 Å². The summed E-state index contributed by atoms with van der Waals surface area (Å²) in [5.74, 6) is -0.949. The van der Waals surface area contributed by atoms with E-state index in [1.54, 1.807) is 0 Å². The predicted molar refractivity (Wildman–Crippen MR) is 251 cm³/mol. The van der Waals surface area contributed by atoms with E-state index in [1.165, 1.54) is 83.5 Å². The molecule has 0 aliphatic rings. The lowest BCUT2D eigenvalue weighted by atomic mass is 10.1. The Hall–Kier alpha value is -3.15. The van der Waals surface area contributed by atoms with Crippen LogP contribution in [0.3, 0.4) is 0 Å². The van der Waals surface area contributed by atoms with Gasteiger partial charge in [-0.3, -0.25) is 14.4 Å². The van der Waals surface area contributed by atoms with E-state index in [1.807, 2.05) is 0 Å². The van der Waals surface area contributed by atoms with Crippen molar-refractivity contribution in [2.75, 3.05) is 13.2 Å². The highest BCUT2D eigenvalue weighted by Crippen LogP contribution is 2.13. The summed E-state index contributed by atoms with van der Waals surface area (Å²) in [7, 11) is 0. The summed E-state index contributed by atoms with van der Waals surface area (Å²) < 4.78 is 16.7. The topological polar surface area (TPSA) is 78.9 Å². The van der Waals surface area contributed by atoms with Crippen molar-refractivity contribution in [2.24, 2.45) is 0 Å². The first-order chi connectivity index (χ1) is 29.0. The molecule has 0 radical (unpaired) electrons. The van der Waals surface area contributed by atoms with Gasteiger partial charge >= 0.3 is 17.9 Å². The molecule has 0 spiro atoms. The van der Waals surface area contributed by atoms with Crippen LogP contribution in [0.4, 0.5) is 0 Å². The number of allylic oxidation sites excluding steroid dienone is 12. The average Bonchev–Trinajstić information content (AvgIpc) is 3.23. The third kappa shape index (κ3) is 45.8. The van der Waals surface area contributed by atoms with Crippen LogP contribution in [0.1, 0.15) is 226 Å². The number of rotatable bonds is 43. The van der Waals surface area contributed by atoms with Crippen LogP contribution in [0.25, 0.3) is 0 Å². The molecule has 6 nitrogen and oxygen atoms in total. The van der Waals surface area contributed by atoms with Crippen molar-refractivity contribution in [3.8, 4) is 0 Å². The van der Waals surface area contributed by atoms with Crippen molar-refractivity contribution >= 4 is 17.9 Å². The summed E-state index contributed by atoms with van der Waals surface area (Å²) >= 11 is 0. The summed E-state index contributed by atoms with van der Waals surface area (Å²) in [6.07, 6.45) is 58.8. The normalized spacial score (nSPS) is 12.7. The molecule has 0 fully saturated rings. The van der Waals surface area contributed by atoms with Crippen molar-refractivity contribution in [3.63, 3.8) is 0 Å². The Bertz CT molecular complexity index is 1130. The first-order valence-electron chi connectivity index (χ1n) is 24.4. The van der Waals surface area contributed by atoms with Gasteiger partial charge in [-0.05, 0) is 103 Å². The van der Waals surface area contributed by atoms with Gasteiger partial charge in [-0.15, -0.1) is 0 Å². The van der Waals surface area contributed by atoms with Crippen LogP contribution >= 0.6 is 0 Å². The SMILES string of the molecule is CCCC/C=C\CCCCCCCC(=O)OC[C@H](COC(=O)CCCCC/C=C\C/C=C\C/C=C\C/C=C\CCCCC)OC(=O)CCCCCCC/C=C\CCCC. The first kappa shape index (κ1) is 55.9. The molecule has 338 valence electrons. The van der Waals surface area contributed by atoms with Crippen LogP contribution in [0.15, 0.2) is 72.9 Å². The fourth-order valence-electron chi connectivity index (χ4n) is 6.39. The van der Waals surface area contributed by atoms with E-state index in [0.717, 1.165) is 103 Å². The molecule has 0 aromatic rings. The average molecular weight is 823 g/mol. The van der Waals surface area contributed by atoms with Crippen molar-refractivity contribution in [1.29, 1.82) is 0 Å². The van der Waals surface area contributed by atoms with Crippen LogP contribution in [0.5, 0.6) is 0 Å². The number of ether oxygens (including phenoxy) is 3. The quantitative estimate of drug-likeness (QED) is 0.0264. The molecule has 0 amide bonds. The number of esters is 3. The Balaban J connectivity index is 4.42. The second-order valence-electron chi connectivity index (χ2n) is 16.0. The van der Waals surface area contributed by atoms with Gasteiger partial charge in [0.2, 0.25) is 0 Å². The van der Waals surface area contributed by atoms with E-state index in [9.17, 15) is 14.4 Å². The van der Waals surface area contributed by atoms with Gasteiger partial charge in [0.05, 0.1) is 0 Å². The van der Waals surface area contributed by atoms with Gasteiger partial charge in [0, 0.05) is 19.3 Å². The van der Waals surface area contributed by atoms with Crippen molar-refractivity contribution in [2.45, 2.75) is 232 Å². The van der Waals surface area contributed by atoms with E-state index in [-0.39, 0.29) is 31.1 Å². The zero-order chi connectivity index (χ0) is 43.0. The van der Waals surface area contributed by atoms with E-state index in [4.69, 9.17) is 14.2 Å². The van der Waals surface area contributed by atoms with Crippen molar-refractivity contribution < 1.29 is 28.6 Å². The van der Waals surface area contributed by atoms with E-state index < -0.39 is 6.10 Å². The number of carbonyl (C=O) groups excluding carboxylic acids is 3. The van der Waals surface area contributed by atoms with Crippen LogP contribution < -0.4 is 0 Å². The Kier molecular flexibility index (Phi) is 45.0. The zero-order valence-corrected chi connectivity index (χ0v) is 38.5. The highest BCUT2D eigenvalue weighted by molar-refractivity contribution is 5.71. The molecule has 59 heavy (non-hydrogen) atoms. The molecule has 0 N–H and O–H groups in total. The summed E-state index contributed by atoms with van der Waals surface area (Å²) in [6, 6.07) is 0. The fourth-order valence-corrected chi connectivity index (χ4v) is 6.39. The molecule has 0 bridgehead atoms.